The lowest BCUT2D eigenvalue weighted by Gasteiger charge is -2.12. The summed E-state index contributed by atoms with van der Waals surface area (Å²) in [5, 5.41) is 0.580. The van der Waals surface area contributed by atoms with E-state index < -0.39 is 0 Å². The molecule has 21 heavy (non-hydrogen) atoms. The molecule has 1 aromatic heterocycles. The van der Waals surface area contributed by atoms with Crippen molar-refractivity contribution in [1.82, 2.24) is 9.55 Å². The molecule has 4 heteroatoms. The van der Waals surface area contributed by atoms with E-state index in [0.717, 1.165) is 5.56 Å². The van der Waals surface area contributed by atoms with E-state index in [0.29, 0.717) is 28.8 Å². The van der Waals surface area contributed by atoms with Crippen molar-refractivity contribution in [3.05, 3.63) is 70.0 Å². The average molecular weight is 282 g/mol. The van der Waals surface area contributed by atoms with Gasteiger partial charge in [-0.3, -0.25) is 9.36 Å². The Morgan fingerprint density at radius 2 is 1.86 bits per heavy atom. The fourth-order valence-corrected chi connectivity index (χ4v) is 2.44. The number of nitrogens with zero attached hydrogens (tertiary/aromatic N) is 2. The summed E-state index contributed by atoms with van der Waals surface area (Å²) in [6.45, 7) is 3.89. The highest BCUT2D eigenvalue weighted by Gasteiger charge is 2.11. The fraction of sp³-hybridized carbons (Fsp3) is 0.176. The first-order chi connectivity index (χ1) is 10.1. The quantitative estimate of drug-likeness (QED) is 0.722. The van der Waals surface area contributed by atoms with Crippen LogP contribution in [0, 0.1) is 12.7 Å². The lowest BCUT2D eigenvalue weighted by molar-refractivity contribution is 0.627. The third-order valence-electron chi connectivity index (χ3n) is 3.49. The van der Waals surface area contributed by atoms with Gasteiger partial charge in [0.1, 0.15) is 11.6 Å². The summed E-state index contributed by atoms with van der Waals surface area (Å²) in [7, 11) is 0. The van der Waals surface area contributed by atoms with E-state index in [1.165, 1.54) is 12.1 Å². The van der Waals surface area contributed by atoms with Crippen molar-refractivity contribution in [3.8, 4) is 5.69 Å². The van der Waals surface area contributed by atoms with Crippen molar-refractivity contribution < 1.29 is 4.39 Å². The fourth-order valence-electron chi connectivity index (χ4n) is 2.44. The maximum Gasteiger partial charge on any atom is 0.265 e. The third-order valence-corrected chi connectivity index (χ3v) is 3.49. The minimum atomic E-state index is -0.325. The molecule has 0 atom stereocenters. The molecule has 0 saturated carbocycles. The van der Waals surface area contributed by atoms with E-state index in [2.05, 4.69) is 4.98 Å². The van der Waals surface area contributed by atoms with Gasteiger partial charge in [-0.1, -0.05) is 18.6 Å². The molecule has 2 aromatic carbocycles. The zero-order valence-corrected chi connectivity index (χ0v) is 11.9. The number of aromatic nitrogens is 2. The van der Waals surface area contributed by atoms with Gasteiger partial charge in [0.2, 0.25) is 0 Å². The molecular formula is C17H15FN2O. The van der Waals surface area contributed by atoms with Crippen molar-refractivity contribution in [2.24, 2.45) is 0 Å². The monoisotopic (exact) mass is 282 g/mol. The van der Waals surface area contributed by atoms with E-state index >= 15 is 0 Å². The van der Waals surface area contributed by atoms with Crippen LogP contribution in [0.5, 0.6) is 0 Å². The molecule has 3 rings (SSSR count). The molecule has 0 bridgehead atoms. The Morgan fingerprint density at radius 1 is 1.14 bits per heavy atom. The van der Waals surface area contributed by atoms with Crippen LogP contribution in [0.25, 0.3) is 16.6 Å². The highest BCUT2D eigenvalue weighted by Crippen LogP contribution is 2.15. The Hall–Kier alpha value is -2.49. The number of benzene rings is 2. The summed E-state index contributed by atoms with van der Waals surface area (Å²) in [6, 6.07) is 11.5. The molecule has 0 spiro atoms. The average Bonchev–Trinajstić information content (AvgIpc) is 2.49. The van der Waals surface area contributed by atoms with Gasteiger partial charge < -0.3 is 0 Å². The lowest BCUT2D eigenvalue weighted by atomic mass is 10.1. The van der Waals surface area contributed by atoms with Crippen LogP contribution in [-0.4, -0.2) is 9.55 Å². The molecule has 0 saturated heterocycles. The van der Waals surface area contributed by atoms with Gasteiger partial charge in [0.25, 0.3) is 5.56 Å². The minimum Gasteiger partial charge on any atom is -0.268 e. The predicted octanol–water partition coefficient (Wildman–Crippen LogP) is 3.40. The topological polar surface area (TPSA) is 34.9 Å². The molecule has 0 radical (unpaired) electrons. The summed E-state index contributed by atoms with van der Waals surface area (Å²) < 4.78 is 14.6. The Balaban J connectivity index is 2.37. The smallest absolute Gasteiger partial charge is 0.265 e. The van der Waals surface area contributed by atoms with Crippen LogP contribution in [-0.2, 0) is 6.42 Å². The standard InChI is InChI=1S/C17H15FN2O/c1-3-16-19-15-9-4-11(2)10-14(15)17(21)20(16)13-7-5-12(18)6-8-13/h4-10H,3H2,1-2H3. The zero-order chi connectivity index (χ0) is 15.0. The second kappa shape index (κ2) is 5.13. The van der Waals surface area contributed by atoms with Crippen LogP contribution < -0.4 is 5.56 Å². The molecule has 0 aliphatic heterocycles. The Kier molecular flexibility index (Phi) is 3.29. The van der Waals surface area contributed by atoms with E-state index in [1.54, 1.807) is 16.7 Å². The first-order valence-corrected chi connectivity index (χ1v) is 6.88. The molecule has 3 aromatic rings. The largest absolute Gasteiger partial charge is 0.268 e. The van der Waals surface area contributed by atoms with Gasteiger partial charge in [0.15, 0.2) is 0 Å². The summed E-state index contributed by atoms with van der Waals surface area (Å²) in [5.74, 6) is 0.345. The van der Waals surface area contributed by atoms with Crippen LogP contribution in [0.1, 0.15) is 18.3 Å². The summed E-state index contributed by atoms with van der Waals surface area (Å²) in [5.41, 5.74) is 2.22. The maximum absolute atomic E-state index is 13.1. The van der Waals surface area contributed by atoms with Crippen molar-refractivity contribution in [2.45, 2.75) is 20.3 Å². The highest BCUT2D eigenvalue weighted by atomic mass is 19.1. The number of hydrogen-bond donors (Lipinski definition) is 0. The normalized spacial score (nSPS) is 11.0. The summed E-state index contributed by atoms with van der Waals surface area (Å²) >= 11 is 0. The minimum absolute atomic E-state index is 0.118. The first-order valence-electron chi connectivity index (χ1n) is 6.88. The molecule has 0 aliphatic carbocycles. The number of aryl methyl sites for hydroxylation is 2. The highest BCUT2D eigenvalue weighted by molar-refractivity contribution is 5.78. The molecule has 106 valence electrons. The molecular weight excluding hydrogens is 267 g/mol. The Bertz CT molecular complexity index is 866. The molecule has 0 amide bonds. The van der Waals surface area contributed by atoms with Gasteiger partial charge >= 0.3 is 0 Å². The van der Waals surface area contributed by atoms with Gasteiger partial charge in [-0.25, -0.2) is 9.37 Å². The van der Waals surface area contributed by atoms with Gasteiger partial charge in [0, 0.05) is 6.42 Å². The summed E-state index contributed by atoms with van der Waals surface area (Å²) in [6.07, 6.45) is 0.621. The van der Waals surface area contributed by atoms with Crippen LogP contribution in [0.2, 0.25) is 0 Å². The summed E-state index contributed by atoms with van der Waals surface area (Å²) in [4.78, 5) is 17.3. The van der Waals surface area contributed by atoms with Gasteiger partial charge in [-0.05, 0) is 43.3 Å². The molecule has 0 fully saturated rings. The van der Waals surface area contributed by atoms with E-state index in [-0.39, 0.29) is 11.4 Å². The van der Waals surface area contributed by atoms with Crippen LogP contribution in [0.3, 0.4) is 0 Å². The van der Waals surface area contributed by atoms with Crippen molar-refractivity contribution in [3.63, 3.8) is 0 Å². The van der Waals surface area contributed by atoms with E-state index in [4.69, 9.17) is 0 Å². The SMILES string of the molecule is CCc1nc2ccc(C)cc2c(=O)n1-c1ccc(F)cc1. The Labute approximate surface area is 121 Å². The second-order valence-corrected chi connectivity index (χ2v) is 5.02. The third kappa shape index (κ3) is 2.33. The first kappa shape index (κ1) is 13.5. The van der Waals surface area contributed by atoms with Crippen molar-refractivity contribution in [1.29, 1.82) is 0 Å². The van der Waals surface area contributed by atoms with Crippen LogP contribution in [0.15, 0.2) is 47.3 Å². The maximum atomic E-state index is 13.1. The van der Waals surface area contributed by atoms with E-state index in [9.17, 15) is 9.18 Å². The number of hydrogen-bond acceptors (Lipinski definition) is 2. The predicted molar refractivity (Wildman–Crippen MR) is 81.4 cm³/mol. The number of rotatable bonds is 2. The van der Waals surface area contributed by atoms with Crippen molar-refractivity contribution >= 4 is 10.9 Å². The van der Waals surface area contributed by atoms with Crippen LogP contribution in [0.4, 0.5) is 4.39 Å². The molecule has 0 aliphatic rings. The van der Waals surface area contributed by atoms with Crippen molar-refractivity contribution in [2.75, 3.05) is 0 Å². The molecule has 0 unspecified atom stereocenters. The lowest BCUT2D eigenvalue weighted by Crippen LogP contribution is -2.23. The van der Waals surface area contributed by atoms with Gasteiger partial charge in [-0.15, -0.1) is 0 Å². The molecule has 1 heterocycles. The van der Waals surface area contributed by atoms with Crippen LogP contribution >= 0.6 is 0 Å². The Morgan fingerprint density at radius 3 is 2.52 bits per heavy atom. The number of halogens is 1. The second-order valence-electron chi connectivity index (χ2n) is 5.02. The number of fused-ring (bicyclic) bond motifs is 1. The van der Waals surface area contributed by atoms with Gasteiger partial charge in [0.05, 0.1) is 16.6 Å². The molecule has 0 N–H and O–H groups in total. The van der Waals surface area contributed by atoms with Gasteiger partial charge in [-0.2, -0.15) is 0 Å². The van der Waals surface area contributed by atoms with E-state index in [1.807, 2.05) is 32.0 Å². The molecule has 3 nitrogen and oxygen atoms in total. The zero-order valence-electron chi connectivity index (χ0n) is 11.9.